The zero-order chi connectivity index (χ0) is 14.5. The largest absolute Gasteiger partial charge is 0.310 e. The first-order valence-corrected chi connectivity index (χ1v) is 8.30. The van der Waals surface area contributed by atoms with Crippen LogP contribution in [0.5, 0.6) is 0 Å². The third-order valence-electron chi connectivity index (χ3n) is 3.48. The molecule has 0 radical (unpaired) electrons. The summed E-state index contributed by atoms with van der Waals surface area (Å²) in [6.07, 6.45) is 0.984. The monoisotopic (exact) mass is 399 g/mol. The van der Waals surface area contributed by atoms with Gasteiger partial charge in [0.25, 0.3) is 0 Å². The average molecular weight is 400 g/mol. The molecule has 0 aliphatic heterocycles. The molecule has 1 unspecified atom stereocenters. The molecule has 0 aliphatic rings. The van der Waals surface area contributed by atoms with Crippen LogP contribution in [0.25, 0.3) is 0 Å². The molecule has 0 saturated heterocycles. The molecular formula is C17H19ClIN. The minimum atomic E-state index is 0.301. The lowest BCUT2D eigenvalue weighted by molar-refractivity contribution is 0.549. The molecule has 1 nitrogen and oxygen atoms in total. The van der Waals surface area contributed by atoms with E-state index in [4.69, 9.17) is 11.6 Å². The summed E-state index contributed by atoms with van der Waals surface area (Å²) in [4.78, 5) is 0. The molecule has 0 heterocycles. The molecule has 2 aromatic carbocycles. The summed E-state index contributed by atoms with van der Waals surface area (Å²) in [5, 5.41) is 4.39. The van der Waals surface area contributed by atoms with E-state index in [1.807, 2.05) is 0 Å². The smallest absolute Gasteiger partial charge is 0.0542 e. The van der Waals surface area contributed by atoms with Crippen molar-refractivity contribution in [2.45, 2.75) is 26.3 Å². The number of rotatable bonds is 5. The molecule has 3 heteroatoms. The Bertz CT molecular complexity index is 583. The van der Waals surface area contributed by atoms with Crippen molar-refractivity contribution in [1.82, 2.24) is 5.32 Å². The third-order valence-corrected chi connectivity index (χ3v) is 5.05. The van der Waals surface area contributed by atoms with Crippen molar-refractivity contribution in [2.24, 2.45) is 0 Å². The Labute approximate surface area is 139 Å². The van der Waals surface area contributed by atoms with Crippen LogP contribution >= 0.6 is 34.2 Å². The predicted molar refractivity (Wildman–Crippen MR) is 95.5 cm³/mol. The first-order chi connectivity index (χ1) is 9.61. The highest BCUT2D eigenvalue weighted by Crippen LogP contribution is 2.26. The fourth-order valence-electron chi connectivity index (χ4n) is 2.34. The Morgan fingerprint density at radius 2 is 1.95 bits per heavy atom. The van der Waals surface area contributed by atoms with E-state index >= 15 is 0 Å². The van der Waals surface area contributed by atoms with Crippen LogP contribution in [0.2, 0.25) is 5.02 Å². The molecule has 0 aromatic heterocycles. The van der Waals surface area contributed by atoms with E-state index in [1.54, 1.807) is 0 Å². The van der Waals surface area contributed by atoms with Crippen LogP contribution in [0.15, 0.2) is 42.5 Å². The highest BCUT2D eigenvalue weighted by Gasteiger charge is 2.13. The molecule has 2 aromatic rings. The molecule has 0 bridgehead atoms. The summed E-state index contributed by atoms with van der Waals surface area (Å²) >= 11 is 8.52. The number of halogens is 2. The van der Waals surface area contributed by atoms with Crippen LogP contribution < -0.4 is 5.32 Å². The van der Waals surface area contributed by atoms with Crippen molar-refractivity contribution in [3.05, 3.63) is 67.7 Å². The number of hydrogen-bond acceptors (Lipinski definition) is 1. The van der Waals surface area contributed by atoms with Crippen LogP contribution in [-0.2, 0) is 6.42 Å². The first-order valence-electron chi connectivity index (χ1n) is 6.84. The van der Waals surface area contributed by atoms with Gasteiger partial charge in [-0.3, -0.25) is 0 Å². The van der Waals surface area contributed by atoms with Gasteiger partial charge in [-0.15, -0.1) is 0 Å². The number of nitrogens with one attached hydrogen (secondary N) is 1. The van der Waals surface area contributed by atoms with Gasteiger partial charge in [0.2, 0.25) is 0 Å². The molecule has 2 rings (SSSR count). The minimum Gasteiger partial charge on any atom is -0.310 e. The van der Waals surface area contributed by atoms with Crippen LogP contribution in [0, 0.1) is 10.5 Å². The molecule has 1 atom stereocenters. The normalized spacial score (nSPS) is 12.4. The van der Waals surface area contributed by atoms with E-state index in [0.29, 0.717) is 6.04 Å². The van der Waals surface area contributed by atoms with Gasteiger partial charge in [-0.25, -0.2) is 0 Å². The Kier molecular flexibility index (Phi) is 5.87. The van der Waals surface area contributed by atoms with Crippen molar-refractivity contribution in [3.8, 4) is 0 Å². The van der Waals surface area contributed by atoms with E-state index in [-0.39, 0.29) is 0 Å². The van der Waals surface area contributed by atoms with E-state index in [2.05, 4.69) is 84.2 Å². The van der Waals surface area contributed by atoms with Gasteiger partial charge in [0.05, 0.1) is 5.02 Å². The molecular weight excluding hydrogens is 381 g/mol. The van der Waals surface area contributed by atoms with Gasteiger partial charge in [0.1, 0.15) is 0 Å². The van der Waals surface area contributed by atoms with Gasteiger partial charge in [0.15, 0.2) is 0 Å². The van der Waals surface area contributed by atoms with Gasteiger partial charge >= 0.3 is 0 Å². The quantitative estimate of drug-likeness (QED) is 0.686. The number of hydrogen-bond donors (Lipinski definition) is 1. The minimum absolute atomic E-state index is 0.301. The van der Waals surface area contributed by atoms with Gasteiger partial charge in [-0.1, -0.05) is 48.9 Å². The van der Waals surface area contributed by atoms with E-state index in [1.165, 1.54) is 16.7 Å². The Morgan fingerprint density at radius 1 is 1.20 bits per heavy atom. The topological polar surface area (TPSA) is 12.0 Å². The highest BCUT2D eigenvalue weighted by atomic mass is 127. The summed E-state index contributed by atoms with van der Waals surface area (Å²) in [5.74, 6) is 0. The maximum atomic E-state index is 6.26. The Balaban J connectivity index is 2.27. The number of benzene rings is 2. The fraction of sp³-hybridized carbons (Fsp3) is 0.294. The number of likely N-dealkylation sites (N-methyl/N-ethyl adjacent to an activating group) is 1. The summed E-state index contributed by atoms with van der Waals surface area (Å²) in [7, 11) is 0. The molecule has 0 fully saturated rings. The Hall–Kier alpha value is -0.580. The predicted octanol–water partition coefficient (Wildman–Crippen LogP) is 5.15. The summed E-state index contributed by atoms with van der Waals surface area (Å²) in [5.41, 5.74) is 3.97. The zero-order valence-corrected chi connectivity index (χ0v) is 14.7. The van der Waals surface area contributed by atoms with Gasteiger partial charge in [-0.2, -0.15) is 0 Å². The fourth-order valence-corrected chi connectivity index (χ4v) is 2.87. The molecule has 0 saturated carbocycles. The molecule has 0 amide bonds. The molecule has 1 N–H and O–H groups in total. The molecule has 20 heavy (non-hydrogen) atoms. The van der Waals surface area contributed by atoms with Crippen molar-refractivity contribution in [1.29, 1.82) is 0 Å². The lowest BCUT2D eigenvalue weighted by Gasteiger charge is -2.20. The maximum absolute atomic E-state index is 6.26. The summed E-state index contributed by atoms with van der Waals surface area (Å²) in [6, 6.07) is 15.2. The van der Waals surface area contributed by atoms with E-state index in [9.17, 15) is 0 Å². The summed E-state index contributed by atoms with van der Waals surface area (Å²) in [6.45, 7) is 5.25. The second-order valence-electron chi connectivity index (χ2n) is 4.91. The van der Waals surface area contributed by atoms with Gasteiger partial charge in [-0.05, 0) is 71.3 Å². The van der Waals surface area contributed by atoms with Crippen LogP contribution in [0.1, 0.15) is 29.7 Å². The SMILES string of the molecule is CCNC(Cc1ccccc1C)c1ccc(I)c(Cl)c1. The summed E-state index contributed by atoms with van der Waals surface area (Å²) < 4.78 is 1.10. The second-order valence-corrected chi connectivity index (χ2v) is 6.48. The molecule has 0 aliphatic carbocycles. The number of aryl methyl sites for hydroxylation is 1. The Morgan fingerprint density at radius 3 is 2.60 bits per heavy atom. The molecule has 106 valence electrons. The van der Waals surface area contributed by atoms with Crippen LogP contribution in [0.4, 0.5) is 0 Å². The average Bonchev–Trinajstić information content (AvgIpc) is 2.44. The lowest BCUT2D eigenvalue weighted by Crippen LogP contribution is -2.23. The van der Waals surface area contributed by atoms with Crippen LogP contribution in [-0.4, -0.2) is 6.54 Å². The third kappa shape index (κ3) is 3.96. The lowest BCUT2D eigenvalue weighted by atomic mass is 9.96. The van der Waals surface area contributed by atoms with E-state index < -0.39 is 0 Å². The van der Waals surface area contributed by atoms with Crippen molar-refractivity contribution >= 4 is 34.2 Å². The second kappa shape index (κ2) is 7.43. The van der Waals surface area contributed by atoms with Gasteiger partial charge < -0.3 is 5.32 Å². The van der Waals surface area contributed by atoms with Crippen LogP contribution in [0.3, 0.4) is 0 Å². The van der Waals surface area contributed by atoms with Gasteiger partial charge in [0, 0.05) is 9.61 Å². The van der Waals surface area contributed by atoms with Crippen molar-refractivity contribution in [2.75, 3.05) is 6.54 Å². The molecule has 0 spiro atoms. The maximum Gasteiger partial charge on any atom is 0.0542 e. The first kappa shape index (κ1) is 15.8. The van der Waals surface area contributed by atoms with Crippen molar-refractivity contribution < 1.29 is 0 Å². The highest BCUT2D eigenvalue weighted by molar-refractivity contribution is 14.1. The zero-order valence-electron chi connectivity index (χ0n) is 11.8. The van der Waals surface area contributed by atoms with Crippen molar-refractivity contribution in [3.63, 3.8) is 0 Å². The standard InChI is InChI=1S/C17H19ClIN/c1-3-20-17(11-13-7-5-4-6-12(13)2)14-8-9-16(19)15(18)10-14/h4-10,17,20H,3,11H2,1-2H3. The van der Waals surface area contributed by atoms with E-state index in [0.717, 1.165) is 21.6 Å².